The Kier molecular flexibility index (Phi) is 4.57. The Morgan fingerprint density at radius 3 is 2.85 bits per heavy atom. The summed E-state index contributed by atoms with van der Waals surface area (Å²) < 4.78 is 0. The van der Waals surface area contributed by atoms with Crippen LogP contribution in [0.2, 0.25) is 0 Å². The topological polar surface area (TPSA) is 20.3 Å². The van der Waals surface area contributed by atoms with Crippen LogP contribution >= 0.6 is 11.3 Å². The number of hydrogen-bond acceptors (Lipinski definition) is 3. The molecule has 0 spiro atoms. The van der Waals surface area contributed by atoms with Crippen molar-refractivity contribution in [2.75, 3.05) is 13.1 Å². The van der Waals surface area contributed by atoms with E-state index >= 15 is 0 Å². The van der Waals surface area contributed by atoms with E-state index < -0.39 is 0 Å². The molecule has 2 aliphatic rings. The van der Waals surface area contributed by atoms with E-state index in [0.29, 0.717) is 18.4 Å². The minimum atomic E-state index is 0.334. The lowest BCUT2D eigenvalue weighted by Gasteiger charge is -2.43. The quantitative estimate of drug-likeness (QED) is 0.777. The Balaban J connectivity index is 1.65. The fourth-order valence-electron chi connectivity index (χ4n) is 3.90. The van der Waals surface area contributed by atoms with Crippen molar-refractivity contribution in [2.45, 2.75) is 57.9 Å². The van der Waals surface area contributed by atoms with Crippen LogP contribution in [0.25, 0.3) is 0 Å². The summed E-state index contributed by atoms with van der Waals surface area (Å²) in [4.78, 5) is 17.3. The maximum atomic E-state index is 12.5. The van der Waals surface area contributed by atoms with Gasteiger partial charge >= 0.3 is 0 Å². The Morgan fingerprint density at radius 2 is 2.05 bits per heavy atom. The first-order valence-corrected chi connectivity index (χ1v) is 8.95. The molecule has 110 valence electrons. The standard InChI is InChI=1S/C17H25NOS/c1-2-14-9-10-17(20-14)16(19)12-18-11-5-7-13-6-3-4-8-15(13)18/h9-10,13,15H,2-8,11-12H2,1H3/t13-,15-/m1/s1. The number of ketones is 1. The lowest BCUT2D eigenvalue weighted by molar-refractivity contribution is 0.0541. The first kappa shape index (κ1) is 14.3. The fourth-order valence-corrected chi connectivity index (χ4v) is 4.78. The molecule has 1 aliphatic carbocycles. The van der Waals surface area contributed by atoms with Crippen molar-refractivity contribution in [3.05, 3.63) is 21.9 Å². The predicted octanol–water partition coefficient (Wildman–Crippen LogP) is 4.15. The Hall–Kier alpha value is -0.670. The molecule has 1 aliphatic heterocycles. The molecule has 2 fully saturated rings. The van der Waals surface area contributed by atoms with E-state index in [1.165, 1.54) is 43.4 Å². The Morgan fingerprint density at radius 1 is 1.25 bits per heavy atom. The van der Waals surface area contributed by atoms with Crippen molar-refractivity contribution in [1.82, 2.24) is 4.90 Å². The number of carbonyl (C=O) groups excluding carboxylic acids is 1. The van der Waals surface area contributed by atoms with E-state index in [-0.39, 0.29) is 0 Å². The molecule has 1 saturated carbocycles. The number of rotatable bonds is 4. The van der Waals surface area contributed by atoms with Gasteiger partial charge in [0.1, 0.15) is 0 Å². The molecule has 2 atom stereocenters. The minimum Gasteiger partial charge on any atom is -0.293 e. The molecule has 3 heteroatoms. The summed E-state index contributed by atoms with van der Waals surface area (Å²) in [6.45, 7) is 3.92. The summed E-state index contributed by atoms with van der Waals surface area (Å²) in [7, 11) is 0. The van der Waals surface area contributed by atoms with Gasteiger partial charge in [-0.15, -0.1) is 11.3 Å². The third-order valence-electron chi connectivity index (χ3n) is 4.99. The number of fused-ring (bicyclic) bond motifs is 1. The molecular formula is C17H25NOS. The number of hydrogen-bond donors (Lipinski definition) is 0. The van der Waals surface area contributed by atoms with E-state index in [2.05, 4.69) is 17.9 Å². The number of nitrogens with zero attached hydrogens (tertiary/aromatic N) is 1. The summed E-state index contributed by atoms with van der Waals surface area (Å²) in [5.74, 6) is 1.20. The molecule has 2 heterocycles. The second-order valence-corrected chi connectivity index (χ2v) is 7.44. The van der Waals surface area contributed by atoms with Crippen LogP contribution < -0.4 is 0 Å². The molecule has 0 unspecified atom stereocenters. The summed E-state index contributed by atoms with van der Waals surface area (Å²) in [5.41, 5.74) is 0. The molecule has 1 aromatic rings. The van der Waals surface area contributed by atoms with Crippen LogP contribution in [0.1, 0.15) is 60.0 Å². The molecular weight excluding hydrogens is 266 g/mol. The largest absolute Gasteiger partial charge is 0.293 e. The van der Waals surface area contributed by atoms with Gasteiger partial charge in [-0.2, -0.15) is 0 Å². The van der Waals surface area contributed by atoms with E-state index in [1.54, 1.807) is 11.3 Å². The van der Waals surface area contributed by atoms with Crippen molar-refractivity contribution >= 4 is 17.1 Å². The number of piperidine rings is 1. The first-order chi connectivity index (χ1) is 9.78. The van der Waals surface area contributed by atoms with E-state index in [4.69, 9.17) is 0 Å². The highest BCUT2D eigenvalue weighted by molar-refractivity contribution is 7.14. The summed E-state index contributed by atoms with van der Waals surface area (Å²) in [5, 5.41) is 0. The zero-order valence-electron chi connectivity index (χ0n) is 12.4. The van der Waals surface area contributed by atoms with E-state index in [1.807, 2.05) is 6.07 Å². The van der Waals surface area contributed by atoms with Crippen LogP contribution in [-0.2, 0) is 6.42 Å². The highest BCUT2D eigenvalue weighted by Gasteiger charge is 2.34. The second kappa shape index (κ2) is 6.40. The zero-order chi connectivity index (χ0) is 13.9. The van der Waals surface area contributed by atoms with Crippen LogP contribution in [0.5, 0.6) is 0 Å². The Labute approximate surface area is 126 Å². The molecule has 2 nitrogen and oxygen atoms in total. The third-order valence-corrected chi connectivity index (χ3v) is 6.26. The number of aryl methyl sites for hydroxylation is 1. The molecule has 1 saturated heterocycles. The lowest BCUT2D eigenvalue weighted by Crippen LogP contribution is -2.48. The van der Waals surface area contributed by atoms with Crippen molar-refractivity contribution in [2.24, 2.45) is 5.92 Å². The summed E-state index contributed by atoms with van der Waals surface area (Å²) >= 11 is 1.68. The Bertz CT molecular complexity index is 465. The molecule has 0 amide bonds. The van der Waals surface area contributed by atoms with Crippen molar-refractivity contribution in [3.63, 3.8) is 0 Å². The van der Waals surface area contributed by atoms with Crippen molar-refractivity contribution in [1.29, 1.82) is 0 Å². The highest BCUT2D eigenvalue weighted by Crippen LogP contribution is 2.35. The van der Waals surface area contributed by atoms with Crippen molar-refractivity contribution < 1.29 is 4.79 Å². The van der Waals surface area contributed by atoms with Crippen LogP contribution in [0.3, 0.4) is 0 Å². The molecule has 20 heavy (non-hydrogen) atoms. The van der Waals surface area contributed by atoms with Gasteiger partial charge in [0.05, 0.1) is 11.4 Å². The number of likely N-dealkylation sites (tertiary alicyclic amines) is 1. The molecule has 1 aromatic heterocycles. The van der Waals surface area contributed by atoms with Gasteiger partial charge in [0.25, 0.3) is 0 Å². The normalized spacial score (nSPS) is 27.2. The highest BCUT2D eigenvalue weighted by atomic mass is 32.1. The molecule has 0 N–H and O–H groups in total. The van der Waals surface area contributed by atoms with Gasteiger partial charge < -0.3 is 0 Å². The van der Waals surface area contributed by atoms with Gasteiger partial charge in [0.15, 0.2) is 5.78 Å². The van der Waals surface area contributed by atoms with Crippen LogP contribution in [0.4, 0.5) is 0 Å². The maximum Gasteiger partial charge on any atom is 0.186 e. The molecule has 0 radical (unpaired) electrons. The molecule has 0 aromatic carbocycles. The monoisotopic (exact) mass is 291 g/mol. The smallest absolute Gasteiger partial charge is 0.186 e. The second-order valence-electron chi connectivity index (χ2n) is 6.27. The number of thiophene rings is 1. The van der Waals surface area contributed by atoms with Gasteiger partial charge in [-0.05, 0) is 56.7 Å². The van der Waals surface area contributed by atoms with Crippen molar-refractivity contribution in [3.8, 4) is 0 Å². The minimum absolute atomic E-state index is 0.334. The van der Waals surface area contributed by atoms with Crippen LogP contribution in [0.15, 0.2) is 12.1 Å². The molecule has 0 bridgehead atoms. The summed E-state index contributed by atoms with van der Waals surface area (Å²) in [6.07, 6.45) is 9.13. The third kappa shape index (κ3) is 2.99. The van der Waals surface area contributed by atoms with E-state index in [0.717, 1.165) is 23.8 Å². The lowest BCUT2D eigenvalue weighted by atomic mass is 9.78. The number of Topliss-reactive ketones (excluding diaryl/α,β-unsaturated/α-hetero) is 1. The molecule has 3 rings (SSSR count). The van der Waals surface area contributed by atoms with Crippen LogP contribution in [0, 0.1) is 5.92 Å². The average Bonchev–Trinajstić information content (AvgIpc) is 2.97. The van der Waals surface area contributed by atoms with Gasteiger partial charge in [-0.3, -0.25) is 9.69 Å². The van der Waals surface area contributed by atoms with Gasteiger partial charge in [0, 0.05) is 10.9 Å². The van der Waals surface area contributed by atoms with Gasteiger partial charge in [-0.1, -0.05) is 19.8 Å². The maximum absolute atomic E-state index is 12.5. The average molecular weight is 291 g/mol. The van der Waals surface area contributed by atoms with Gasteiger partial charge in [0.2, 0.25) is 0 Å². The van der Waals surface area contributed by atoms with Gasteiger partial charge in [-0.25, -0.2) is 0 Å². The predicted molar refractivity (Wildman–Crippen MR) is 84.6 cm³/mol. The number of carbonyl (C=O) groups is 1. The van der Waals surface area contributed by atoms with Crippen LogP contribution in [-0.4, -0.2) is 29.8 Å². The fraction of sp³-hybridized carbons (Fsp3) is 0.706. The first-order valence-electron chi connectivity index (χ1n) is 8.14. The summed E-state index contributed by atoms with van der Waals surface area (Å²) in [6, 6.07) is 4.82. The van der Waals surface area contributed by atoms with E-state index in [9.17, 15) is 4.79 Å². The zero-order valence-corrected chi connectivity index (χ0v) is 13.3. The SMILES string of the molecule is CCc1ccc(C(=O)CN2CCC[C@H]3CCCC[C@H]32)s1.